The third-order valence-electron chi connectivity index (χ3n) is 2.73. The molecule has 2 N–H and O–H groups in total. The van der Waals surface area contributed by atoms with Gasteiger partial charge in [-0.15, -0.1) is 0 Å². The zero-order valence-electron chi connectivity index (χ0n) is 10.4. The minimum Gasteiger partial charge on any atom is -0.396 e. The monoisotopic (exact) mass is 280 g/mol. The van der Waals surface area contributed by atoms with Gasteiger partial charge in [0.25, 0.3) is 0 Å². The summed E-state index contributed by atoms with van der Waals surface area (Å²) in [6.45, 7) is 0.00765. The molecule has 0 aliphatic heterocycles. The van der Waals surface area contributed by atoms with E-state index in [0.717, 1.165) is 10.9 Å². The number of nitrogens with zero attached hydrogens (tertiary/aromatic N) is 1. The van der Waals surface area contributed by atoms with Crippen molar-refractivity contribution in [3.05, 3.63) is 36.5 Å². The fraction of sp³-hybridized carbons (Fsp3) is 0.308. The van der Waals surface area contributed by atoms with Crippen LogP contribution in [0.15, 0.2) is 36.5 Å². The number of benzene rings is 1. The molecule has 0 bridgehead atoms. The highest BCUT2D eigenvalue weighted by Gasteiger charge is 2.11. The Morgan fingerprint density at radius 1 is 1.16 bits per heavy atom. The summed E-state index contributed by atoms with van der Waals surface area (Å²) < 4.78 is 26.4. The third-order valence-corrected chi connectivity index (χ3v) is 4.09. The van der Waals surface area contributed by atoms with Crippen LogP contribution in [0.1, 0.15) is 12.8 Å². The molecule has 2 rings (SSSR count). The Morgan fingerprint density at radius 2 is 2.00 bits per heavy atom. The lowest BCUT2D eigenvalue weighted by Gasteiger charge is -2.10. The first-order chi connectivity index (χ1) is 9.12. The molecule has 102 valence electrons. The second kappa shape index (κ2) is 5.99. The van der Waals surface area contributed by atoms with E-state index < -0.39 is 10.0 Å². The van der Waals surface area contributed by atoms with Gasteiger partial charge in [0, 0.05) is 18.2 Å². The standard InChI is InChI=1S/C13H16N2O3S/c16-9-1-2-10-19(17,18)15-13-7-3-6-12-11(13)5-4-8-14-12/h3-8,15-16H,1-2,9-10H2. The molecular formula is C13H16N2O3S. The molecule has 2 aromatic rings. The summed E-state index contributed by atoms with van der Waals surface area (Å²) in [6.07, 6.45) is 2.59. The van der Waals surface area contributed by atoms with Crippen molar-refractivity contribution < 1.29 is 13.5 Å². The van der Waals surface area contributed by atoms with Crippen molar-refractivity contribution in [2.45, 2.75) is 12.8 Å². The first-order valence-corrected chi connectivity index (χ1v) is 7.73. The van der Waals surface area contributed by atoms with E-state index in [4.69, 9.17) is 5.11 Å². The van der Waals surface area contributed by atoms with Gasteiger partial charge in [-0.2, -0.15) is 0 Å². The lowest BCUT2D eigenvalue weighted by Crippen LogP contribution is -2.17. The van der Waals surface area contributed by atoms with Crippen LogP contribution in [0.4, 0.5) is 5.69 Å². The SMILES string of the molecule is O=S(=O)(CCCCO)Nc1cccc2ncccc12. The summed E-state index contributed by atoms with van der Waals surface area (Å²) in [5.74, 6) is 0.00418. The van der Waals surface area contributed by atoms with Crippen molar-refractivity contribution in [2.75, 3.05) is 17.1 Å². The van der Waals surface area contributed by atoms with Gasteiger partial charge in [-0.25, -0.2) is 8.42 Å². The van der Waals surface area contributed by atoms with E-state index in [1.807, 2.05) is 12.1 Å². The van der Waals surface area contributed by atoms with Gasteiger partial charge in [0.2, 0.25) is 10.0 Å². The van der Waals surface area contributed by atoms with E-state index in [0.29, 0.717) is 18.5 Å². The Bertz CT molecular complexity index is 650. The number of fused-ring (bicyclic) bond motifs is 1. The molecule has 1 aromatic carbocycles. The van der Waals surface area contributed by atoms with E-state index in [9.17, 15) is 8.42 Å². The molecule has 0 saturated heterocycles. The summed E-state index contributed by atoms with van der Waals surface area (Å²) in [5.41, 5.74) is 1.28. The number of aliphatic hydroxyl groups is 1. The van der Waals surface area contributed by atoms with Crippen molar-refractivity contribution in [3.8, 4) is 0 Å². The lowest BCUT2D eigenvalue weighted by atomic mass is 10.2. The van der Waals surface area contributed by atoms with Crippen LogP contribution in [0.3, 0.4) is 0 Å². The first kappa shape index (κ1) is 13.8. The van der Waals surface area contributed by atoms with E-state index in [-0.39, 0.29) is 12.4 Å². The minimum atomic E-state index is -3.39. The number of unbranched alkanes of at least 4 members (excludes halogenated alkanes) is 1. The number of nitrogens with one attached hydrogen (secondary N) is 1. The predicted octanol–water partition coefficient (Wildman–Crippen LogP) is 1.75. The molecule has 0 saturated carbocycles. The van der Waals surface area contributed by atoms with Gasteiger partial charge in [-0.1, -0.05) is 6.07 Å². The number of sulfonamides is 1. The fourth-order valence-electron chi connectivity index (χ4n) is 1.81. The van der Waals surface area contributed by atoms with Gasteiger partial charge in [0.05, 0.1) is 17.0 Å². The molecule has 6 heteroatoms. The molecule has 0 aliphatic carbocycles. The average molecular weight is 280 g/mol. The zero-order valence-corrected chi connectivity index (χ0v) is 11.2. The summed E-state index contributed by atoms with van der Waals surface area (Å²) in [4.78, 5) is 4.18. The normalized spacial score (nSPS) is 11.6. The Hall–Kier alpha value is -1.66. The maximum atomic E-state index is 11.9. The van der Waals surface area contributed by atoms with Crippen LogP contribution in [-0.2, 0) is 10.0 Å². The number of rotatable bonds is 6. The Labute approximate surface area is 112 Å². The van der Waals surface area contributed by atoms with Gasteiger partial charge < -0.3 is 5.11 Å². The zero-order chi connectivity index (χ0) is 13.7. The number of aliphatic hydroxyl groups excluding tert-OH is 1. The molecule has 0 unspecified atom stereocenters. The summed E-state index contributed by atoms with van der Waals surface area (Å²) in [7, 11) is -3.39. The average Bonchev–Trinajstić information content (AvgIpc) is 2.39. The van der Waals surface area contributed by atoms with Crippen LogP contribution in [0.5, 0.6) is 0 Å². The molecule has 5 nitrogen and oxygen atoms in total. The van der Waals surface area contributed by atoms with Crippen molar-refractivity contribution in [1.82, 2.24) is 4.98 Å². The third kappa shape index (κ3) is 3.65. The Balaban J connectivity index is 2.21. The fourth-order valence-corrected chi connectivity index (χ4v) is 3.01. The largest absolute Gasteiger partial charge is 0.396 e. The molecule has 0 aliphatic rings. The van der Waals surface area contributed by atoms with Crippen LogP contribution in [0.25, 0.3) is 10.9 Å². The van der Waals surface area contributed by atoms with Crippen molar-refractivity contribution in [3.63, 3.8) is 0 Å². The smallest absolute Gasteiger partial charge is 0.232 e. The van der Waals surface area contributed by atoms with Crippen molar-refractivity contribution in [1.29, 1.82) is 0 Å². The summed E-state index contributed by atoms with van der Waals surface area (Å²) in [6, 6.07) is 8.91. The molecule has 0 atom stereocenters. The maximum absolute atomic E-state index is 11.9. The molecule has 0 amide bonds. The summed E-state index contributed by atoms with van der Waals surface area (Å²) in [5, 5.41) is 9.44. The van der Waals surface area contributed by atoms with E-state index in [1.54, 1.807) is 24.4 Å². The molecule has 0 radical (unpaired) electrons. The van der Waals surface area contributed by atoms with Gasteiger partial charge in [0.1, 0.15) is 0 Å². The quantitative estimate of drug-likeness (QED) is 0.790. The molecule has 19 heavy (non-hydrogen) atoms. The van der Waals surface area contributed by atoms with Crippen LogP contribution < -0.4 is 4.72 Å². The van der Waals surface area contributed by atoms with Gasteiger partial charge in [0.15, 0.2) is 0 Å². The molecule has 1 heterocycles. The second-order valence-electron chi connectivity index (χ2n) is 4.23. The number of aromatic nitrogens is 1. The Morgan fingerprint density at radius 3 is 2.79 bits per heavy atom. The highest BCUT2D eigenvalue weighted by atomic mass is 32.2. The molecule has 0 spiro atoms. The molecule has 1 aromatic heterocycles. The van der Waals surface area contributed by atoms with Crippen LogP contribution in [0, 0.1) is 0 Å². The topological polar surface area (TPSA) is 79.3 Å². The first-order valence-electron chi connectivity index (χ1n) is 6.07. The second-order valence-corrected chi connectivity index (χ2v) is 6.07. The minimum absolute atomic E-state index is 0.00418. The number of hydrogen-bond donors (Lipinski definition) is 2. The van der Waals surface area contributed by atoms with Gasteiger partial charge >= 0.3 is 0 Å². The van der Waals surface area contributed by atoms with E-state index in [2.05, 4.69) is 9.71 Å². The number of hydrogen-bond acceptors (Lipinski definition) is 4. The van der Waals surface area contributed by atoms with E-state index >= 15 is 0 Å². The molecular weight excluding hydrogens is 264 g/mol. The van der Waals surface area contributed by atoms with Gasteiger partial charge in [-0.05, 0) is 37.1 Å². The Kier molecular flexibility index (Phi) is 4.34. The van der Waals surface area contributed by atoms with E-state index in [1.165, 1.54) is 0 Å². The highest BCUT2D eigenvalue weighted by Crippen LogP contribution is 2.22. The predicted molar refractivity (Wildman–Crippen MR) is 75.5 cm³/mol. The lowest BCUT2D eigenvalue weighted by molar-refractivity contribution is 0.287. The summed E-state index contributed by atoms with van der Waals surface area (Å²) >= 11 is 0. The maximum Gasteiger partial charge on any atom is 0.232 e. The van der Waals surface area contributed by atoms with Gasteiger partial charge in [-0.3, -0.25) is 9.71 Å². The van der Waals surface area contributed by atoms with Crippen LogP contribution in [-0.4, -0.2) is 30.9 Å². The highest BCUT2D eigenvalue weighted by molar-refractivity contribution is 7.92. The van der Waals surface area contributed by atoms with Crippen molar-refractivity contribution >= 4 is 26.6 Å². The van der Waals surface area contributed by atoms with Crippen LogP contribution in [0.2, 0.25) is 0 Å². The number of anilines is 1. The van der Waals surface area contributed by atoms with Crippen LogP contribution >= 0.6 is 0 Å². The van der Waals surface area contributed by atoms with Crippen molar-refractivity contribution in [2.24, 2.45) is 0 Å². The number of pyridine rings is 1. The molecule has 0 fully saturated rings.